The van der Waals surface area contributed by atoms with Crippen LogP contribution in [0.2, 0.25) is 0 Å². The molecular formula is C17H18BF2NO2. The summed E-state index contributed by atoms with van der Waals surface area (Å²) >= 11 is 0. The minimum atomic E-state index is -0.596. The minimum absolute atomic E-state index is 0.268. The molecule has 6 heteroatoms. The van der Waals surface area contributed by atoms with Crippen molar-refractivity contribution < 1.29 is 18.1 Å². The monoisotopic (exact) mass is 317 g/mol. The van der Waals surface area contributed by atoms with Crippen LogP contribution in [0.25, 0.3) is 11.1 Å². The highest BCUT2D eigenvalue weighted by Gasteiger charge is 2.51. The summed E-state index contributed by atoms with van der Waals surface area (Å²) in [6.07, 6.45) is 2.51. The molecule has 1 aliphatic rings. The van der Waals surface area contributed by atoms with Crippen molar-refractivity contribution in [2.24, 2.45) is 0 Å². The Morgan fingerprint density at radius 1 is 0.957 bits per heavy atom. The first kappa shape index (κ1) is 16.1. The molecule has 1 fully saturated rings. The van der Waals surface area contributed by atoms with Gasteiger partial charge in [0.15, 0.2) is 0 Å². The van der Waals surface area contributed by atoms with E-state index in [2.05, 4.69) is 4.98 Å². The molecule has 0 amide bonds. The summed E-state index contributed by atoms with van der Waals surface area (Å²) in [7, 11) is -0.596. The molecule has 1 aromatic carbocycles. The van der Waals surface area contributed by atoms with Crippen LogP contribution in [0.4, 0.5) is 8.78 Å². The summed E-state index contributed by atoms with van der Waals surface area (Å²) < 4.78 is 39.4. The predicted molar refractivity (Wildman–Crippen MR) is 85.3 cm³/mol. The van der Waals surface area contributed by atoms with Crippen molar-refractivity contribution in [2.45, 2.75) is 38.9 Å². The third-order valence-corrected chi connectivity index (χ3v) is 4.53. The molecule has 3 nitrogen and oxygen atoms in total. The molecule has 0 atom stereocenters. The van der Waals surface area contributed by atoms with E-state index in [1.807, 2.05) is 27.7 Å². The van der Waals surface area contributed by atoms with Crippen molar-refractivity contribution in [3.63, 3.8) is 0 Å². The van der Waals surface area contributed by atoms with Gasteiger partial charge >= 0.3 is 7.12 Å². The second kappa shape index (κ2) is 5.39. The van der Waals surface area contributed by atoms with Gasteiger partial charge in [-0.3, -0.25) is 4.98 Å². The standard InChI is InChI=1S/C17H18BF2NO2/c1-16(2)17(3,4)23-18(22-16)12-5-6-15(20)14(8-12)11-7-13(19)10-21-9-11/h5-10H,1-4H3. The third kappa shape index (κ3) is 2.89. The van der Waals surface area contributed by atoms with E-state index in [0.717, 1.165) is 6.20 Å². The summed E-state index contributed by atoms with van der Waals surface area (Å²) in [5.74, 6) is -0.958. The fourth-order valence-electron chi connectivity index (χ4n) is 2.45. The van der Waals surface area contributed by atoms with Crippen molar-refractivity contribution in [1.82, 2.24) is 4.98 Å². The van der Waals surface area contributed by atoms with Gasteiger partial charge in [0.05, 0.1) is 17.4 Å². The molecule has 2 heterocycles. The summed E-state index contributed by atoms with van der Waals surface area (Å²) in [5.41, 5.74) is 0.369. The molecule has 0 N–H and O–H groups in total. The Balaban J connectivity index is 1.99. The molecule has 2 aromatic rings. The fraction of sp³-hybridized carbons (Fsp3) is 0.353. The maximum Gasteiger partial charge on any atom is 0.494 e. The Labute approximate surface area is 134 Å². The van der Waals surface area contributed by atoms with E-state index in [1.165, 1.54) is 18.3 Å². The van der Waals surface area contributed by atoms with Crippen molar-refractivity contribution >= 4 is 12.6 Å². The first-order chi connectivity index (χ1) is 10.7. The summed E-state index contributed by atoms with van der Waals surface area (Å²) in [5, 5.41) is 0. The second-order valence-corrected chi connectivity index (χ2v) is 6.72. The van der Waals surface area contributed by atoms with Gasteiger partial charge in [-0.2, -0.15) is 0 Å². The van der Waals surface area contributed by atoms with E-state index in [4.69, 9.17) is 9.31 Å². The smallest absolute Gasteiger partial charge is 0.399 e. The van der Waals surface area contributed by atoms with Gasteiger partial charge in [-0.05, 0) is 45.3 Å². The van der Waals surface area contributed by atoms with Gasteiger partial charge in [0.25, 0.3) is 0 Å². The van der Waals surface area contributed by atoms with Crippen molar-refractivity contribution in [3.8, 4) is 11.1 Å². The normalized spacial score (nSPS) is 19.1. The lowest BCUT2D eigenvalue weighted by Gasteiger charge is -2.32. The molecular weight excluding hydrogens is 299 g/mol. The second-order valence-electron chi connectivity index (χ2n) is 6.72. The zero-order chi connectivity index (χ0) is 16.8. The SMILES string of the molecule is CC1(C)OB(c2ccc(F)c(-c3cncc(F)c3)c2)OC1(C)C. The zero-order valence-electron chi connectivity index (χ0n) is 13.6. The highest BCUT2D eigenvalue weighted by molar-refractivity contribution is 6.62. The molecule has 0 aliphatic carbocycles. The van der Waals surface area contributed by atoms with E-state index in [1.54, 1.807) is 12.1 Å². The van der Waals surface area contributed by atoms with Gasteiger partial charge in [-0.25, -0.2) is 8.78 Å². The van der Waals surface area contributed by atoms with Crippen molar-refractivity contribution in [1.29, 1.82) is 0 Å². The molecule has 3 rings (SSSR count). The molecule has 1 aliphatic heterocycles. The number of pyridine rings is 1. The quantitative estimate of drug-likeness (QED) is 0.796. The zero-order valence-corrected chi connectivity index (χ0v) is 13.6. The van der Waals surface area contributed by atoms with E-state index in [0.29, 0.717) is 11.0 Å². The first-order valence-electron chi connectivity index (χ1n) is 7.46. The van der Waals surface area contributed by atoms with E-state index >= 15 is 0 Å². The lowest BCUT2D eigenvalue weighted by Crippen LogP contribution is -2.41. The summed E-state index contributed by atoms with van der Waals surface area (Å²) in [6.45, 7) is 7.81. The van der Waals surface area contributed by atoms with Gasteiger partial charge in [-0.1, -0.05) is 12.1 Å². The van der Waals surface area contributed by atoms with Gasteiger partial charge in [-0.15, -0.1) is 0 Å². The maximum absolute atomic E-state index is 14.1. The molecule has 0 unspecified atom stereocenters. The lowest BCUT2D eigenvalue weighted by molar-refractivity contribution is 0.00578. The minimum Gasteiger partial charge on any atom is -0.399 e. The van der Waals surface area contributed by atoms with Crippen molar-refractivity contribution in [2.75, 3.05) is 0 Å². The highest BCUT2D eigenvalue weighted by Crippen LogP contribution is 2.36. The Hall–Kier alpha value is -1.79. The van der Waals surface area contributed by atoms with Crippen LogP contribution in [0, 0.1) is 11.6 Å². The number of benzene rings is 1. The molecule has 0 bridgehead atoms. The topological polar surface area (TPSA) is 31.4 Å². The molecule has 23 heavy (non-hydrogen) atoms. The Morgan fingerprint density at radius 3 is 2.22 bits per heavy atom. The Bertz CT molecular complexity index is 733. The molecule has 0 saturated carbocycles. The van der Waals surface area contributed by atoms with E-state index in [9.17, 15) is 8.78 Å². The maximum atomic E-state index is 14.1. The van der Waals surface area contributed by atoms with Crippen LogP contribution < -0.4 is 5.46 Å². The molecule has 120 valence electrons. The van der Waals surface area contributed by atoms with Crippen LogP contribution in [0.1, 0.15) is 27.7 Å². The third-order valence-electron chi connectivity index (χ3n) is 4.53. The van der Waals surface area contributed by atoms with E-state index < -0.39 is 30.0 Å². The van der Waals surface area contributed by atoms with Crippen molar-refractivity contribution in [3.05, 3.63) is 48.3 Å². The van der Waals surface area contributed by atoms with Gasteiger partial charge in [0, 0.05) is 17.3 Å². The first-order valence-corrected chi connectivity index (χ1v) is 7.46. The number of hydrogen-bond donors (Lipinski definition) is 0. The fourth-order valence-corrected chi connectivity index (χ4v) is 2.45. The lowest BCUT2D eigenvalue weighted by atomic mass is 9.78. The largest absolute Gasteiger partial charge is 0.494 e. The molecule has 0 spiro atoms. The molecule has 1 saturated heterocycles. The Kier molecular flexibility index (Phi) is 3.77. The van der Waals surface area contributed by atoms with Crippen LogP contribution in [-0.2, 0) is 9.31 Å². The molecule has 1 aromatic heterocycles. The number of halogens is 2. The molecule has 0 radical (unpaired) electrons. The van der Waals surface area contributed by atoms with Gasteiger partial charge in [0.2, 0.25) is 0 Å². The van der Waals surface area contributed by atoms with Crippen LogP contribution in [-0.4, -0.2) is 23.3 Å². The number of aromatic nitrogens is 1. The average molecular weight is 317 g/mol. The number of hydrogen-bond acceptors (Lipinski definition) is 3. The van der Waals surface area contributed by atoms with Crippen LogP contribution >= 0.6 is 0 Å². The van der Waals surface area contributed by atoms with Crippen LogP contribution in [0.3, 0.4) is 0 Å². The van der Waals surface area contributed by atoms with Gasteiger partial charge in [0.1, 0.15) is 11.6 Å². The number of nitrogens with zero attached hydrogens (tertiary/aromatic N) is 1. The summed E-state index contributed by atoms with van der Waals surface area (Å²) in [4.78, 5) is 3.77. The Morgan fingerprint density at radius 2 is 1.61 bits per heavy atom. The summed E-state index contributed by atoms with van der Waals surface area (Å²) in [6, 6.07) is 5.82. The highest BCUT2D eigenvalue weighted by atomic mass is 19.1. The number of rotatable bonds is 2. The van der Waals surface area contributed by atoms with Crippen LogP contribution in [0.15, 0.2) is 36.7 Å². The van der Waals surface area contributed by atoms with Crippen LogP contribution in [0.5, 0.6) is 0 Å². The van der Waals surface area contributed by atoms with Gasteiger partial charge < -0.3 is 9.31 Å². The predicted octanol–water partition coefficient (Wildman–Crippen LogP) is 3.33. The average Bonchev–Trinajstić information content (AvgIpc) is 2.68. The van der Waals surface area contributed by atoms with E-state index in [-0.39, 0.29) is 5.56 Å².